The Morgan fingerprint density at radius 1 is 0.925 bits per heavy atom. The largest absolute Gasteiger partial charge is 0.361 e. The molecule has 1 saturated heterocycles. The molecule has 0 spiro atoms. The van der Waals surface area contributed by atoms with E-state index in [0.29, 0.717) is 22.9 Å². The normalized spacial score (nSPS) is 22.3. The van der Waals surface area contributed by atoms with Gasteiger partial charge in [-0.3, -0.25) is 9.10 Å². The van der Waals surface area contributed by atoms with Gasteiger partial charge in [0.25, 0.3) is 0 Å². The van der Waals surface area contributed by atoms with Crippen LogP contribution in [0, 0.1) is 11.7 Å². The lowest BCUT2D eigenvalue weighted by Crippen LogP contribution is -2.56. The molecule has 0 unspecified atom stereocenters. The van der Waals surface area contributed by atoms with Gasteiger partial charge in [-0.1, -0.05) is 59.6 Å². The van der Waals surface area contributed by atoms with E-state index in [4.69, 9.17) is 27.9 Å². The minimum Gasteiger partial charge on any atom is -0.361 e. The zero-order valence-corrected chi connectivity index (χ0v) is 24.0. The number of para-hydroxylation sites is 1. The molecule has 210 valence electrons. The van der Waals surface area contributed by atoms with E-state index in [2.05, 4.69) is 0 Å². The molecule has 3 aromatic carbocycles. The van der Waals surface area contributed by atoms with Crippen LogP contribution in [-0.4, -0.2) is 43.7 Å². The quantitative estimate of drug-likeness (QED) is 0.278. The highest BCUT2D eigenvalue weighted by atomic mass is 35.5. The average molecular weight is 604 g/mol. The summed E-state index contributed by atoms with van der Waals surface area (Å²) in [6.45, 7) is -0.206. The van der Waals surface area contributed by atoms with Gasteiger partial charge in [-0.25, -0.2) is 12.8 Å². The number of rotatable bonds is 9. The van der Waals surface area contributed by atoms with Crippen LogP contribution in [0.25, 0.3) is 0 Å². The number of hydrogen-bond acceptors (Lipinski definition) is 4. The van der Waals surface area contributed by atoms with E-state index in [1.165, 1.54) is 22.5 Å². The van der Waals surface area contributed by atoms with Crippen LogP contribution in [0.15, 0.2) is 72.8 Å². The first-order chi connectivity index (χ1) is 19.2. The fourth-order valence-electron chi connectivity index (χ4n) is 5.63. The number of anilines is 1. The Bertz CT molecular complexity index is 1510. The molecule has 3 atom stereocenters. The first-order valence-corrected chi connectivity index (χ1v) is 15.7. The predicted octanol–water partition coefficient (Wildman–Crippen LogP) is 6.55. The highest BCUT2D eigenvalue weighted by Gasteiger charge is 2.50. The summed E-state index contributed by atoms with van der Waals surface area (Å²) in [4.78, 5) is 15.5. The Hall–Kier alpha value is -2.65. The Kier molecular flexibility index (Phi) is 7.55. The van der Waals surface area contributed by atoms with Gasteiger partial charge in [0.15, 0.2) is 0 Å². The van der Waals surface area contributed by atoms with E-state index in [1.807, 2.05) is 30.3 Å². The summed E-state index contributed by atoms with van der Waals surface area (Å²) in [7, 11) is -3.83. The van der Waals surface area contributed by atoms with Crippen LogP contribution in [0.3, 0.4) is 0 Å². The van der Waals surface area contributed by atoms with Crippen LogP contribution < -0.4 is 4.31 Å². The summed E-state index contributed by atoms with van der Waals surface area (Å²) in [6.07, 6.45) is 2.23. The predicted molar refractivity (Wildman–Crippen MR) is 153 cm³/mol. The monoisotopic (exact) mass is 602 g/mol. The molecule has 1 aliphatic heterocycles. The number of morpholine rings is 1. The van der Waals surface area contributed by atoms with Gasteiger partial charge in [-0.05, 0) is 79.1 Å². The molecule has 10 heteroatoms. The molecule has 2 saturated carbocycles. The maximum absolute atomic E-state index is 15.1. The third kappa shape index (κ3) is 5.47. The smallest absolute Gasteiger partial charge is 0.249 e. The van der Waals surface area contributed by atoms with Gasteiger partial charge in [0.2, 0.25) is 15.9 Å². The molecule has 40 heavy (non-hydrogen) atoms. The molecular formula is C30H29Cl2FN2O4S. The van der Waals surface area contributed by atoms with Crippen molar-refractivity contribution < 1.29 is 22.3 Å². The summed E-state index contributed by atoms with van der Waals surface area (Å²) >= 11 is 12.6. The number of carbonyl (C=O) groups excluding carboxylic acids is 1. The van der Waals surface area contributed by atoms with Crippen molar-refractivity contribution >= 4 is 44.8 Å². The second-order valence-corrected chi connectivity index (χ2v) is 13.7. The van der Waals surface area contributed by atoms with Crippen LogP contribution in [0.1, 0.15) is 49.0 Å². The number of sulfonamides is 1. The van der Waals surface area contributed by atoms with Crippen LogP contribution >= 0.6 is 23.2 Å². The lowest BCUT2D eigenvalue weighted by Gasteiger charge is -2.47. The zero-order valence-electron chi connectivity index (χ0n) is 21.6. The number of halogens is 3. The van der Waals surface area contributed by atoms with Crippen molar-refractivity contribution in [1.29, 1.82) is 0 Å². The van der Waals surface area contributed by atoms with Crippen molar-refractivity contribution in [2.75, 3.05) is 17.5 Å². The Balaban J connectivity index is 1.45. The molecule has 0 radical (unpaired) electrons. The lowest BCUT2D eigenvalue weighted by molar-refractivity contribution is -0.163. The van der Waals surface area contributed by atoms with E-state index in [-0.39, 0.29) is 30.7 Å². The topological polar surface area (TPSA) is 66.9 Å². The van der Waals surface area contributed by atoms with Crippen LogP contribution in [0.5, 0.6) is 0 Å². The Labute approximate surface area is 243 Å². The molecular weight excluding hydrogens is 574 g/mol. The zero-order chi connectivity index (χ0) is 28.0. The van der Waals surface area contributed by atoms with Crippen LogP contribution in [0.2, 0.25) is 10.0 Å². The van der Waals surface area contributed by atoms with Gasteiger partial charge in [-0.2, -0.15) is 0 Å². The number of amides is 1. The molecule has 3 fully saturated rings. The second kappa shape index (κ2) is 11.0. The van der Waals surface area contributed by atoms with Gasteiger partial charge >= 0.3 is 0 Å². The van der Waals surface area contributed by atoms with E-state index < -0.39 is 39.3 Å². The van der Waals surface area contributed by atoms with Crippen LogP contribution in [0.4, 0.5) is 10.1 Å². The van der Waals surface area contributed by atoms with E-state index in [9.17, 15) is 13.2 Å². The number of benzene rings is 3. The molecule has 2 aliphatic carbocycles. The fraction of sp³-hybridized carbons (Fsp3) is 0.367. The van der Waals surface area contributed by atoms with Gasteiger partial charge in [0, 0.05) is 10.0 Å². The molecule has 3 aliphatic rings. The summed E-state index contributed by atoms with van der Waals surface area (Å²) in [6, 6.07) is 19.4. The van der Waals surface area contributed by atoms with Crippen molar-refractivity contribution in [2.45, 2.75) is 49.1 Å². The number of carbonyl (C=O) groups is 1. The summed E-state index contributed by atoms with van der Waals surface area (Å²) in [5.41, 5.74) is 1.61. The first kappa shape index (κ1) is 27.5. The first-order valence-electron chi connectivity index (χ1n) is 13.4. The maximum atomic E-state index is 15.1. The summed E-state index contributed by atoms with van der Waals surface area (Å²) < 4.78 is 49.9. The Morgan fingerprint density at radius 3 is 2.30 bits per heavy atom. The number of nitrogens with zero attached hydrogens (tertiary/aromatic N) is 2. The average Bonchev–Trinajstić information content (AvgIpc) is 3.84. The van der Waals surface area contributed by atoms with Gasteiger partial charge in [0.05, 0.1) is 29.6 Å². The lowest BCUT2D eigenvalue weighted by atomic mass is 9.90. The van der Waals surface area contributed by atoms with Crippen molar-refractivity contribution in [1.82, 2.24) is 4.90 Å². The minimum absolute atomic E-state index is 0.00944. The van der Waals surface area contributed by atoms with Gasteiger partial charge in [-0.15, -0.1) is 0 Å². The van der Waals surface area contributed by atoms with Crippen molar-refractivity contribution in [3.8, 4) is 0 Å². The van der Waals surface area contributed by atoms with Crippen molar-refractivity contribution in [3.63, 3.8) is 0 Å². The number of hydrogen-bond donors (Lipinski definition) is 0. The van der Waals surface area contributed by atoms with E-state index in [1.54, 1.807) is 29.2 Å². The van der Waals surface area contributed by atoms with Crippen LogP contribution in [-0.2, 0) is 19.6 Å². The SMILES string of the molecule is O=C1CO[C@H](c2cccc(Cl)c2)[C@@H](c2ccc(Cl)cc2)N1[C@H](CN(c1ccccc1F)S(=O)(=O)C1CC1)C1CC1. The summed E-state index contributed by atoms with van der Waals surface area (Å²) in [5, 5.41) is 0.552. The Morgan fingerprint density at radius 2 is 1.65 bits per heavy atom. The highest BCUT2D eigenvalue weighted by Crippen LogP contribution is 2.47. The molecule has 1 amide bonds. The standard InChI is InChI=1S/C30H29Cl2FN2O4S/c31-22-12-10-20(11-13-22)29-30(21-4-3-5-23(32)16-21)39-18-28(36)35(29)27(19-8-9-19)17-34(40(37,38)24-14-15-24)26-7-2-1-6-25(26)33/h1-7,10-13,16,19,24,27,29-30H,8-9,14-15,17-18H2/t27-,29-,30-/m1/s1. The maximum Gasteiger partial charge on any atom is 0.249 e. The van der Waals surface area contributed by atoms with E-state index >= 15 is 4.39 Å². The molecule has 6 rings (SSSR count). The molecule has 1 heterocycles. The molecule has 3 aromatic rings. The third-order valence-corrected chi connectivity index (χ3v) is 10.7. The molecule has 0 N–H and O–H groups in total. The van der Waals surface area contributed by atoms with Gasteiger partial charge < -0.3 is 9.64 Å². The third-order valence-electron chi connectivity index (χ3n) is 7.90. The highest BCUT2D eigenvalue weighted by molar-refractivity contribution is 7.93. The van der Waals surface area contributed by atoms with Crippen molar-refractivity contribution in [2.24, 2.45) is 5.92 Å². The summed E-state index contributed by atoms with van der Waals surface area (Å²) in [5.74, 6) is -0.784. The van der Waals surface area contributed by atoms with Crippen molar-refractivity contribution in [3.05, 3.63) is 99.8 Å². The molecule has 0 aromatic heterocycles. The second-order valence-electron chi connectivity index (χ2n) is 10.7. The molecule has 0 bridgehead atoms. The van der Waals surface area contributed by atoms with E-state index in [0.717, 1.165) is 24.0 Å². The van der Waals surface area contributed by atoms with Gasteiger partial charge in [0.1, 0.15) is 18.5 Å². The fourth-order valence-corrected chi connectivity index (χ4v) is 7.83. The number of ether oxygens (including phenoxy) is 1. The molecule has 6 nitrogen and oxygen atoms in total. The minimum atomic E-state index is -3.83.